The fraction of sp³-hybridized carbons (Fsp3) is 0.276. The maximum atomic E-state index is 13.5. The van der Waals surface area contributed by atoms with Gasteiger partial charge in [0.2, 0.25) is 0 Å². The van der Waals surface area contributed by atoms with Crippen LogP contribution in [0.5, 0.6) is 5.75 Å². The van der Waals surface area contributed by atoms with Crippen LogP contribution in [0.15, 0.2) is 79.5 Å². The average Bonchev–Trinajstić information content (AvgIpc) is 2.89. The number of rotatable bonds is 6. The third kappa shape index (κ3) is 5.62. The zero-order valence-corrected chi connectivity index (χ0v) is 23.3. The van der Waals surface area contributed by atoms with E-state index in [1.54, 1.807) is 6.21 Å². The fourth-order valence-electron chi connectivity index (χ4n) is 4.59. The fourth-order valence-corrected chi connectivity index (χ4v) is 5.46. The van der Waals surface area contributed by atoms with Crippen LogP contribution < -0.4 is 10.3 Å². The van der Waals surface area contributed by atoms with Crippen LogP contribution in [0.1, 0.15) is 60.5 Å². The van der Waals surface area contributed by atoms with Crippen LogP contribution in [0.3, 0.4) is 0 Å². The van der Waals surface area contributed by atoms with E-state index in [9.17, 15) is 4.79 Å². The summed E-state index contributed by atoms with van der Waals surface area (Å²) in [5, 5.41) is 5.20. The van der Waals surface area contributed by atoms with E-state index in [4.69, 9.17) is 9.72 Å². The number of fused-ring (bicyclic) bond motifs is 1. The van der Waals surface area contributed by atoms with Gasteiger partial charge >= 0.3 is 0 Å². The van der Waals surface area contributed by atoms with E-state index < -0.39 is 0 Å². The predicted octanol–water partition coefficient (Wildman–Crippen LogP) is 7.74. The number of aromatic nitrogens is 2. The molecule has 4 aromatic rings. The van der Waals surface area contributed by atoms with Crippen LogP contribution in [0, 0.1) is 6.92 Å². The largest absolute Gasteiger partial charge is 0.488 e. The molecule has 1 aliphatic carbocycles. The van der Waals surface area contributed by atoms with Crippen molar-refractivity contribution in [1.82, 2.24) is 9.66 Å². The topological polar surface area (TPSA) is 56.5 Å². The minimum Gasteiger partial charge on any atom is -0.488 e. The van der Waals surface area contributed by atoms with Crippen molar-refractivity contribution in [2.24, 2.45) is 5.10 Å². The summed E-state index contributed by atoms with van der Waals surface area (Å²) in [5.41, 5.74) is 3.77. The first-order valence-electron chi connectivity index (χ1n) is 12.2. The molecule has 0 unspecified atom stereocenters. The molecule has 0 spiro atoms. The van der Waals surface area contributed by atoms with Gasteiger partial charge in [0.1, 0.15) is 18.2 Å². The van der Waals surface area contributed by atoms with Crippen LogP contribution in [0.25, 0.3) is 10.9 Å². The Labute approximate surface area is 227 Å². The van der Waals surface area contributed by atoms with Crippen molar-refractivity contribution >= 4 is 49.0 Å². The highest BCUT2D eigenvalue weighted by atomic mass is 79.9. The highest BCUT2D eigenvalue weighted by molar-refractivity contribution is 9.10. The van der Waals surface area contributed by atoms with Crippen LogP contribution in [-0.4, -0.2) is 15.9 Å². The van der Waals surface area contributed by atoms with Crippen molar-refractivity contribution < 1.29 is 4.74 Å². The van der Waals surface area contributed by atoms with Crippen LogP contribution in [0.4, 0.5) is 0 Å². The molecule has 1 saturated carbocycles. The van der Waals surface area contributed by atoms with Gasteiger partial charge in [-0.2, -0.15) is 9.78 Å². The Morgan fingerprint density at radius 3 is 2.56 bits per heavy atom. The minimum absolute atomic E-state index is 0.143. The van der Waals surface area contributed by atoms with Gasteiger partial charge in [0.05, 0.1) is 21.6 Å². The zero-order valence-electron chi connectivity index (χ0n) is 20.1. The Morgan fingerprint density at radius 2 is 1.81 bits per heavy atom. The minimum atomic E-state index is -0.143. The van der Waals surface area contributed by atoms with Gasteiger partial charge in [-0.1, -0.05) is 65.0 Å². The van der Waals surface area contributed by atoms with Crippen LogP contribution in [0.2, 0.25) is 0 Å². The monoisotopic (exact) mass is 607 g/mol. The van der Waals surface area contributed by atoms with E-state index in [1.807, 2.05) is 36.4 Å². The van der Waals surface area contributed by atoms with E-state index >= 15 is 0 Å². The molecule has 1 aliphatic rings. The molecule has 0 bridgehead atoms. The second-order valence-corrected chi connectivity index (χ2v) is 11.1. The Kier molecular flexibility index (Phi) is 7.67. The Bertz CT molecular complexity index is 1470. The predicted molar refractivity (Wildman–Crippen MR) is 152 cm³/mol. The van der Waals surface area contributed by atoms with E-state index in [-0.39, 0.29) is 11.5 Å². The molecule has 0 radical (unpaired) electrons. The molecule has 7 heteroatoms. The molecule has 0 atom stereocenters. The number of aryl methyl sites for hydroxylation is 1. The number of nitrogens with zero attached hydrogens (tertiary/aromatic N) is 3. The molecule has 36 heavy (non-hydrogen) atoms. The van der Waals surface area contributed by atoms with Crippen molar-refractivity contribution in [3.8, 4) is 5.75 Å². The third-order valence-corrected chi connectivity index (χ3v) is 7.71. The van der Waals surface area contributed by atoms with E-state index in [2.05, 4.69) is 68.2 Å². The summed E-state index contributed by atoms with van der Waals surface area (Å²) in [7, 11) is 0. The molecule has 1 fully saturated rings. The lowest BCUT2D eigenvalue weighted by Crippen LogP contribution is -2.25. The van der Waals surface area contributed by atoms with Gasteiger partial charge in [0, 0.05) is 10.4 Å². The van der Waals surface area contributed by atoms with Crippen molar-refractivity contribution in [1.29, 1.82) is 0 Å². The van der Waals surface area contributed by atoms with Crippen molar-refractivity contribution in [2.75, 3.05) is 0 Å². The smallest absolute Gasteiger partial charge is 0.282 e. The number of halogens is 2. The summed E-state index contributed by atoms with van der Waals surface area (Å²) < 4.78 is 9.18. The highest BCUT2D eigenvalue weighted by Crippen LogP contribution is 2.32. The highest BCUT2D eigenvalue weighted by Gasteiger charge is 2.22. The number of ether oxygens (including phenoxy) is 1. The molecule has 0 N–H and O–H groups in total. The lowest BCUT2D eigenvalue weighted by atomic mass is 9.88. The van der Waals surface area contributed by atoms with Gasteiger partial charge in [-0.15, -0.1) is 0 Å². The maximum absolute atomic E-state index is 13.5. The lowest BCUT2D eigenvalue weighted by molar-refractivity contribution is 0.304. The van der Waals surface area contributed by atoms with Gasteiger partial charge < -0.3 is 4.74 Å². The van der Waals surface area contributed by atoms with Gasteiger partial charge in [0.15, 0.2) is 0 Å². The summed E-state index contributed by atoms with van der Waals surface area (Å²) in [5.74, 6) is 1.74. The lowest BCUT2D eigenvalue weighted by Gasteiger charge is -2.22. The average molecular weight is 609 g/mol. The number of hydrogen-bond acceptors (Lipinski definition) is 4. The summed E-state index contributed by atoms with van der Waals surface area (Å²) in [6, 6.07) is 19.7. The van der Waals surface area contributed by atoms with E-state index in [0.29, 0.717) is 17.5 Å². The Hall–Kier alpha value is -2.77. The van der Waals surface area contributed by atoms with Gasteiger partial charge in [0.25, 0.3) is 5.56 Å². The van der Waals surface area contributed by atoms with Crippen molar-refractivity contribution in [3.63, 3.8) is 0 Å². The molecular weight excluding hydrogens is 582 g/mol. The maximum Gasteiger partial charge on any atom is 0.282 e. The molecule has 0 saturated heterocycles. The summed E-state index contributed by atoms with van der Waals surface area (Å²) in [4.78, 5) is 18.4. The first-order valence-corrected chi connectivity index (χ1v) is 13.8. The Balaban J connectivity index is 1.43. The number of benzene rings is 3. The van der Waals surface area contributed by atoms with Gasteiger partial charge in [-0.25, -0.2) is 4.98 Å². The quantitative estimate of drug-likeness (QED) is 0.210. The third-order valence-electron chi connectivity index (χ3n) is 6.60. The second kappa shape index (κ2) is 11.1. The summed E-state index contributed by atoms with van der Waals surface area (Å²) >= 11 is 7.09. The summed E-state index contributed by atoms with van der Waals surface area (Å²) in [6.07, 6.45) is 7.31. The van der Waals surface area contributed by atoms with Gasteiger partial charge in [-0.3, -0.25) is 4.79 Å². The SMILES string of the molecule is Cc1ccc(COc2ccc(C=Nn3c(C4CCCCC4)nc4ccc(Br)cc4c3=O)cc2Br)cc1. The van der Waals surface area contributed by atoms with E-state index in [1.165, 1.54) is 16.7 Å². The standard InChI is InChI=1S/C29H27Br2N3O2/c1-19-7-9-20(10-8-19)18-36-27-14-11-21(15-25(27)31)17-32-34-28(22-5-3-2-4-6-22)33-26-13-12-23(30)16-24(26)29(34)35/h7-17,22H,2-6,18H2,1H3. The first-order chi connectivity index (χ1) is 17.5. The molecule has 1 heterocycles. The van der Waals surface area contributed by atoms with Crippen molar-refractivity contribution in [2.45, 2.75) is 51.6 Å². The van der Waals surface area contributed by atoms with E-state index in [0.717, 1.165) is 57.3 Å². The number of hydrogen-bond donors (Lipinski definition) is 0. The first kappa shape index (κ1) is 24.9. The molecule has 5 rings (SSSR count). The Morgan fingerprint density at radius 1 is 1.03 bits per heavy atom. The zero-order chi connectivity index (χ0) is 25.1. The van der Waals surface area contributed by atoms with Gasteiger partial charge in [-0.05, 0) is 83.2 Å². The van der Waals surface area contributed by atoms with Crippen molar-refractivity contribution in [3.05, 3.63) is 102 Å². The van der Waals surface area contributed by atoms with Crippen LogP contribution in [-0.2, 0) is 6.61 Å². The normalized spacial score (nSPS) is 14.5. The molecule has 0 amide bonds. The molecule has 1 aromatic heterocycles. The molecule has 184 valence electrons. The second-order valence-electron chi connectivity index (χ2n) is 9.29. The molecular formula is C29H27Br2N3O2. The molecule has 3 aromatic carbocycles. The van der Waals surface area contributed by atoms with Crippen LogP contribution >= 0.6 is 31.9 Å². The summed E-state index contributed by atoms with van der Waals surface area (Å²) in [6.45, 7) is 2.56. The molecule has 5 nitrogen and oxygen atoms in total. The molecule has 0 aliphatic heterocycles.